The van der Waals surface area contributed by atoms with Crippen molar-refractivity contribution < 1.29 is 4.42 Å². The molecule has 0 atom stereocenters. The molecule has 2 aromatic carbocycles. The standard InChI is InChI=1S/C29H25NO2/c1-29(2)26(30-24-14-11-18-6-3-4-9-23(18)27(24)29)15-12-19-7-5-8-21-16-20-10-13-22(31)17-25(20)32-28(19)21/h3-4,6,9-17,30H,5,7-8H2,1-2H3/b19-12+,26-15-. The Morgan fingerprint density at radius 3 is 2.75 bits per heavy atom. The maximum Gasteiger partial charge on any atom is 0.182 e. The molecule has 32 heavy (non-hydrogen) atoms. The molecule has 0 saturated carbocycles. The number of nitrogens with one attached hydrogen (secondary N) is 1. The third kappa shape index (κ3) is 2.92. The first kappa shape index (κ1) is 19.1. The van der Waals surface area contributed by atoms with Gasteiger partial charge >= 0.3 is 0 Å². The Balaban J connectivity index is 1.44. The summed E-state index contributed by atoms with van der Waals surface area (Å²) in [7, 11) is 0. The van der Waals surface area contributed by atoms with E-state index in [1.165, 1.54) is 38.9 Å². The van der Waals surface area contributed by atoms with Crippen LogP contribution in [-0.2, 0) is 11.8 Å². The van der Waals surface area contributed by atoms with Crippen LogP contribution in [0.15, 0.2) is 87.7 Å². The van der Waals surface area contributed by atoms with Gasteiger partial charge in [0.15, 0.2) is 5.43 Å². The molecular weight excluding hydrogens is 394 g/mol. The zero-order valence-corrected chi connectivity index (χ0v) is 18.4. The van der Waals surface area contributed by atoms with Crippen molar-refractivity contribution in [3.63, 3.8) is 0 Å². The normalized spacial score (nSPS) is 19.3. The van der Waals surface area contributed by atoms with E-state index in [-0.39, 0.29) is 10.8 Å². The Bertz CT molecular complexity index is 1470. The topological polar surface area (TPSA) is 42.2 Å². The minimum atomic E-state index is -0.122. The summed E-state index contributed by atoms with van der Waals surface area (Å²) >= 11 is 0. The van der Waals surface area contributed by atoms with Gasteiger partial charge in [-0.15, -0.1) is 0 Å². The average Bonchev–Trinajstić information content (AvgIpc) is 3.06. The molecule has 0 spiro atoms. The lowest BCUT2D eigenvalue weighted by Crippen LogP contribution is -2.17. The zero-order chi connectivity index (χ0) is 21.9. The van der Waals surface area contributed by atoms with Crippen molar-refractivity contribution in [1.29, 1.82) is 0 Å². The van der Waals surface area contributed by atoms with Crippen LogP contribution in [0.25, 0.3) is 27.7 Å². The summed E-state index contributed by atoms with van der Waals surface area (Å²) in [6.07, 6.45) is 7.49. The summed E-state index contributed by atoms with van der Waals surface area (Å²) < 4.78 is 6.25. The lowest BCUT2D eigenvalue weighted by atomic mass is 9.81. The van der Waals surface area contributed by atoms with Crippen LogP contribution in [0.1, 0.15) is 43.6 Å². The Hall–Kier alpha value is -3.59. The van der Waals surface area contributed by atoms with Gasteiger partial charge in [-0.2, -0.15) is 0 Å². The molecule has 158 valence electrons. The first-order valence-electron chi connectivity index (χ1n) is 11.3. The van der Waals surface area contributed by atoms with E-state index in [2.05, 4.69) is 73.8 Å². The van der Waals surface area contributed by atoms with Gasteiger partial charge in [-0.3, -0.25) is 4.79 Å². The van der Waals surface area contributed by atoms with E-state index in [0.717, 1.165) is 30.6 Å². The van der Waals surface area contributed by atoms with E-state index in [0.29, 0.717) is 5.76 Å². The van der Waals surface area contributed by atoms with Crippen LogP contribution in [-0.4, -0.2) is 0 Å². The van der Waals surface area contributed by atoms with Crippen molar-refractivity contribution in [3.05, 3.63) is 106 Å². The predicted octanol–water partition coefficient (Wildman–Crippen LogP) is 6.90. The molecule has 1 N–H and O–H groups in total. The Morgan fingerprint density at radius 2 is 1.84 bits per heavy atom. The van der Waals surface area contributed by atoms with Gasteiger partial charge in [-0.25, -0.2) is 0 Å². The molecule has 2 aliphatic carbocycles. The molecule has 2 aliphatic heterocycles. The van der Waals surface area contributed by atoms with Crippen molar-refractivity contribution >= 4 is 22.0 Å². The molecule has 0 aromatic heterocycles. The van der Waals surface area contributed by atoms with E-state index in [4.69, 9.17) is 4.42 Å². The number of allylic oxidation sites excluding steroid dienone is 4. The minimum absolute atomic E-state index is 0.0217. The van der Waals surface area contributed by atoms with Crippen molar-refractivity contribution in [2.24, 2.45) is 0 Å². The van der Waals surface area contributed by atoms with Crippen molar-refractivity contribution in [3.8, 4) is 11.3 Å². The van der Waals surface area contributed by atoms with Crippen molar-refractivity contribution in [2.45, 2.75) is 38.5 Å². The van der Waals surface area contributed by atoms with Gasteiger partial charge in [0.1, 0.15) is 11.5 Å². The smallest absolute Gasteiger partial charge is 0.182 e. The van der Waals surface area contributed by atoms with Crippen molar-refractivity contribution in [2.75, 3.05) is 5.32 Å². The highest BCUT2D eigenvalue weighted by atomic mass is 16.3. The van der Waals surface area contributed by atoms with Gasteiger partial charge in [0.05, 0.1) is 0 Å². The number of anilines is 1. The van der Waals surface area contributed by atoms with Crippen LogP contribution < -0.4 is 10.7 Å². The van der Waals surface area contributed by atoms with Crippen LogP contribution in [0, 0.1) is 0 Å². The summed E-state index contributed by atoms with van der Waals surface area (Å²) in [6.45, 7) is 4.57. The van der Waals surface area contributed by atoms with E-state index < -0.39 is 0 Å². The lowest BCUT2D eigenvalue weighted by Gasteiger charge is -2.22. The molecule has 4 aliphatic rings. The molecule has 6 rings (SSSR count). The molecule has 0 unspecified atom stereocenters. The van der Waals surface area contributed by atoms with Crippen LogP contribution in [0.4, 0.5) is 5.69 Å². The summed E-state index contributed by atoms with van der Waals surface area (Å²) in [5, 5.41) is 6.23. The number of rotatable bonds is 1. The van der Waals surface area contributed by atoms with E-state index in [1.54, 1.807) is 12.1 Å². The monoisotopic (exact) mass is 419 g/mol. The van der Waals surface area contributed by atoms with Crippen LogP contribution in [0.3, 0.4) is 0 Å². The zero-order valence-electron chi connectivity index (χ0n) is 18.4. The second-order valence-electron chi connectivity index (χ2n) is 9.39. The quantitative estimate of drug-likeness (QED) is 0.365. The molecule has 0 amide bonds. The summed E-state index contributed by atoms with van der Waals surface area (Å²) in [5.41, 5.74) is 6.98. The number of benzene rings is 3. The van der Waals surface area contributed by atoms with Crippen LogP contribution in [0.5, 0.6) is 0 Å². The molecule has 2 aromatic rings. The first-order chi connectivity index (χ1) is 15.5. The number of hydrogen-bond donors (Lipinski definition) is 1. The summed E-state index contributed by atoms with van der Waals surface area (Å²) in [6, 6.07) is 20.2. The molecule has 3 nitrogen and oxygen atoms in total. The van der Waals surface area contributed by atoms with Crippen LogP contribution >= 0.6 is 0 Å². The second-order valence-corrected chi connectivity index (χ2v) is 9.39. The van der Waals surface area contributed by atoms with Gasteiger partial charge in [-0.1, -0.05) is 50.3 Å². The number of hydrogen-bond acceptors (Lipinski definition) is 3. The van der Waals surface area contributed by atoms with Gasteiger partial charge < -0.3 is 9.73 Å². The van der Waals surface area contributed by atoms with E-state index >= 15 is 0 Å². The predicted molar refractivity (Wildman–Crippen MR) is 131 cm³/mol. The molecule has 0 radical (unpaired) electrons. The molecular formula is C29H25NO2. The highest BCUT2D eigenvalue weighted by molar-refractivity contribution is 5.94. The maximum atomic E-state index is 11.8. The maximum absolute atomic E-state index is 11.8. The summed E-state index contributed by atoms with van der Waals surface area (Å²) in [5.74, 6) is 1.58. The van der Waals surface area contributed by atoms with Gasteiger partial charge in [0.2, 0.25) is 0 Å². The van der Waals surface area contributed by atoms with Gasteiger partial charge in [-0.05, 0) is 77.1 Å². The van der Waals surface area contributed by atoms with Gasteiger partial charge in [0, 0.05) is 28.4 Å². The second kappa shape index (κ2) is 6.96. The third-order valence-electron chi connectivity index (χ3n) is 6.95. The Morgan fingerprint density at radius 1 is 0.969 bits per heavy atom. The molecule has 0 bridgehead atoms. The van der Waals surface area contributed by atoms with Crippen molar-refractivity contribution in [1.82, 2.24) is 0 Å². The number of fused-ring (bicyclic) bond motifs is 5. The lowest BCUT2D eigenvalue weighted by molar-refractivity contribution is 0.526. The highest BCUT2D eigenvalue weighted by Gasteiger charge is 2.36. The van der Waals surface area contributed by atoms with Crippen LogP contribution in [0.2, 0.25) is 0 Å². The molecule has 0 fully saturated rings. The summed E-state index contributed by atoms with van der Waals surface area (Å²) in [4.78, 5) is 11.8. The molecule has 3 heteroatoms. The number of aryl methyl sites for hydroxylation is 1. The molecule has 0 saturated heterocycles. The Kier molecular flexibility index (Phi) is 4.16. The van der Waals surface area contributed by atoms with E-state index in [1.807, 2.05) is 6.07 Å². The average molecular weight is 420 g/mol. The largest absolute Gasteiger partial charge is 0.456 e. The highest BCUT2D eigenvalue weighted by Crippen LogP contribution is 2.47. The SMILES string of the molecule is CC1(C)/C(=C/C=C2\CCCc3cc4ccc(=O)cc-4oc32)Nc2ccc3ccccc3c21. The minimum Gasteiger partial charge on any atom is -0.456 e. The fraction of sp³-hybridized carbons (Fsp3) is 0.207. The fourth-order valence-corrected chi connectivity index (χ4v) is 5.27. The Labute approximate surface area is 187 Å². The van der Waals surface area contributed by atoms with Gasteiger partial charge in [0.25, 0.3) is 0 Å². The fourth-order valence-electron chi connectivity index (χ4n) is 5.27. The van der Waals surface area contributed by atoms with E-state index in [9.17, 15) is 4.79 Å². The molecule has 2 heterocycles. The third-order valence-corrected chi connectivity index (χ3v) is 6.95. The first-order valence-corrected chi connectivity index (χ1v) is 11.3.